The molecule has 0 aromatic heterocycles. The SMILES string of the molecule is COc1ccc([C@@H]2[C@@H]3c4ccccc4OC3N2S(=O)(=O)c2ccc3cc(OC(C)=O)ccc3c2)cc1. The normalized spacial score (nSPS) is 20.7. The number of rotatable bonds is 5. The molecule has 7 nitrogen and oxygen atoms in total. The molecule has 2 aliphatic rings. The van der Waals surface area contributed by atoms with E-state index in [9.17, 15) is 13.2 Å². The lowest BCUT2D eigenvalue weighted by atomic mass is 9.80. The van der Waals surface area contributed by atoms with Gasteiger partial charge in [0.25, 0.3) is 0 Å². The summed E-state index contributed by atoms with van der Waals surface area (Å²) in [7, 11) is -2.32. The second-order valence-electron chi connectivity index (χ2n) is 8.89. The largest absolute Gasteiger partial charge is 0.497 e. The molecule has 1 unspecified atom stereocenters. The Kier molecular flexibility index (Phi) is 5.24. The van der Waals surface area contributed by atoms with Gasteiger partial charge in [0.1, 0.15) is 17.2 Å². The van der Waals surface area contributed by atoms with Crippen molar-refractivity contribution in [3.05, 3.63) is 96.1 Å². The van der Waals surface area contributed by atoms with E-state index in [1.807, 2.05) is 48.5 Å². The lowest BCUT2D eigenvalue weighted by Gasteiger charge is -2.49. The van der Waals surface area contributed by atoms with Crippen molar-refractivity contribution in [2.45, 2.75) is 30.0 Å². The minimum atomic E-state index is -3.92. The summed E-state index contributed by atoms with van der Waals surface area (Å²) in [4.78, 5) is 11.5. The maximum atomic E-state index is 14.0. The number of carbonyl (C=O) groups is 1. The van der Waals surface area contributed by atoms with E-state index in [1.54, 1.807) is 43.5 Å². The van der Waals surface area contributed by atoms with Gasteiger partial charge in [-0.25, -0.2) is 8.42 Å². The molecule has 3 atom stereocenters. The fraction of sp³-hybridized carbons (Fsp3) is 0.179. The highest BCUT2D eigenvalue weighted by Crippen LogP contribution is 2.59. The zero-order valence-corrected chi connectivity index (χ0v) is 20.4. The molecule has 0 N–H and O–H groups in total. The number of hydrogen-bond acceptors (Lipinski definition) is 6. The molecule has 182 valence electrons. The van der Waals surface area contributed by atoms with E-state index in [0.29, 0.717) is 17.2 Å². The lowest BCUT2D eigenvalue weighted by Crippen LogP contribution is -2.59. The quantitative estimate of drug-likeness (QED) is 0.282. The van der Waals surface area contributed by atoms with Crippen LogP contribution in [0.2, 0.25) is 0 Å². The van der Waals surface area contributed by atoms with Gasteiger partial charge in [0.15, 0.2) is 6.23 Å². The number of ether oxygens (including phenoxy) is 3. The summed E-state index contributed by atoms with van der Waals surface area (Å²) in [5.74, 6) is 1.29. The Balaban J connectivity index is 1.41. The van der Waals surface area contributed by atoms with Crippen LogP contribution in [0, 0.1) is 0 Å². The van der Waals surface area contributed by atoms with Crippen LogP contribution in [0.15, 0.2) is 89.8 Å². The number of hydrogen-bond donors (Lipinski definition) is 0. The molecule has 6 rings (SSSR count). The zero-order valence-electron chi connectivity index (χ0n) is 19.6. The predicted octanol–water partition coefficient (Wildman–Crippen LogP) is 5.02. The smallest absolute Gasteiger partial charge is 0.308 e. The zero-order chi connectivity index (χ0) is 25.0. The first-order valence-corrected chi connectivity index (χ1v) is 13.0. The third kappa shape index (κ3) is 3.53. The molecule has 2 heterocycles. The van der Waals surface area contributed by atoms with Crippen molar-refractivity contribution >= 4 is 26.8 Å². The molecule has 0 saturated carbocycles. The molecule has 1 saturated heterocycles. The highest BCUT2D eigenvalue weighted by Gasteiger charge is 2.61. The van der Waals surface area contributed by atoms with Gasteiger partial charge in [0.2, 0.25) is 10.0 Å². The summed E-state index contributed by atoms with van der Waals surface area (Å²) in [5.41, 5.74) is 1.87. The van der Waals surface area contributed by atoms with Gasteiger partial charge in [-0.15, -0.1) is 0 Å². The third-order valence-electron chi connectivity index (χ3n) is 6.78. The average Bonchev–Trinajstić information content (AvgIpc) is 3.16. The molecule has 2 aliphatic heterocycles. The third-order valence-corrected chi connectivity index (χ3v) is 8.62. The Hall–Kier alpha value is -3.88. The fourth-order valence-corrected chi connectivity index (χ4v) is 6.89. The van der Waals surface area contributed by atoms with Crippen LogP contribution in [0.1, 0.15) is 30.0 Å². The highest BCUT2D eigenvalue weighted by atomic mass is 32.2. The van der Waals surface area contributed by atoms with E-state index < -0.39 is 28.3 Å². The van der Waals surface area contributed by atoms with Gasteiger partial charge < -0.3 is 14.2 Å². The fourth-order valence-electron chi connectivity index (χ4n) is 5.13. The second-order valence-corrected chi connectivity index (χ2v) is 10.7. The number of sulfonamides is 1. The molecule has 0 amide bonds. The molecule has 0 radical (unpaired) electrons. The van der Waals surface area contributed by atoms with Gasteiger partial charge in [0.05, 0.1) is 24.0 Å². The summed E-state index contributed by atoms with van der Waals surface area (Å²) in [6.45, 7) is 1.34. The number of esters is 1. The van der Waals surface area contributed by atoms with Crippen molar-refractivity contribution in [3.8, 4) is 17.2 Å². The van der Waals surface area contributed by atoms with Crippen LogP contribution < -0.4 is 14.2 Å². The minimum Gasteiger partial charge on any atom is -0.497 e. The number of fused-ring (bicyclic) bond motifs is 4. The Labute approximate surface area is 208 Å². The van der Waals surface area contributed by atoms with Gasteiger partial charge >= 0.3 is 5.97 Å². The van der Waals surface area contributed by atoms with E-state index in [4.69, 9.17) is 14.2 Å². The Morgan fingerprint density at radius 2 is 1.58 bits per heavy atom. The van der Waals surface area contributed by atoms with E-state index >= 15 is 0 Å². The van der Waals surface area contributed by atoms with Crippen molar-refractivity contribution in [3.63, 3.8) is 0 Å². The summed E-state index contributed by atoms with van der Waals surface area (Å²) in [6.07, 6.45) is -0.624. The molecule has 4 aromatic rings. The lowest BCUT2D eigenvalue weighted by molar-refractivity contribution is -0.131. The molecule has 0 aliphatic carbocycles. The monoisotopic (exact) mass is 501 g/mol. The van der Waals surface area contributed by atoms with E-state index in [1.165, 1.54) is 11.2 Å². The van der Waals surface area contributed by atoms with Crippen molar-refractivity contribution in [2.24, 2.45) is 0 Å². The maximum absolute atomic E-state index is 14.0. The Morgan fingerprint density at radius 1 is 0.889 bits per heavy atom. The molecule has 1 fully saturated rings. The average molecular weight is 502 g/mol. The first kappa shape index (κ1) is 22.6. The van der Waals surface area contributed by atoms with Gasteiger partial charge in [0, 0.05) is 12.5 Å². The Bertz CT molecular complexity index is 1600. The second kappa shape index (κ2) is 8.36. The first-order chi connectivity index (χ1) is 17.4. The maximum Gasteiger partial charge on any atom is 0.308 e. The summed E-state index contributed by atoms with van der Waals surface area (Å²) in [5, 5.41) is 1.49. The van der Waals surface area contributed by atoms with Crippen LogP contribution in [-0.4, -0.2) is 32.0 Å². The first-order valence-electron chi connectivity index (χ1n) is 11.5. The molecule has 4 aromatic carbocycles. The molecule has 8 heteroatoms. The van der Waals surface area contributed by atoms with Gasteiger partial charge in [-0.1, -0.05) is 42.5 Å². The van der Waals surface area contributed by atoms with Crippen molar-refractivity contribution in [2.75, 3.05) is 7.11 Å². The molecular formula is C28H23NO6S. The number of nitrogens with zero attached hydrogens (tertiary/aromatic N) is 1. The number of benzene rings is 4. The van der Waals surface area contributed by atoms with Crippen LogP contribution in [0.4, 0.5) is 0 Å². The van der Waals surface area contributed by atoms with Crippen LogP contribution >= 0.6 is 0 Å². The minimum absolute atomic E-state index is 0.115. The van der Waals surface area contributed by atoms with Crippen molar-refractivity contribution in [1.82, 2.24) is 4.31 Å². The molecule has 0 bridgehead atoms. The molecule has 0 spiro atoms. The highest BCUT2D eigenvalue weighted by molar-refractivity contribution is 7.89. The van der Waals surface area contributed by atoms with Crippen molar-refractivity contribution in [1.29, 1.82) is 0 Å². The number of carbonyl (C=O) groups excluding carboxylic acids is 1. The van der Waals surface area contributed by atoms with E-state index in [2.05, 4.69) is 0 Å². The summed E-state index contributed by atoms with van der Waals surface area (Å²) >= 11 is 0. The molecule has 36 heavy (non-hydrogen) atoms. The van der Waals surface area contributed by atoms with Crippen LogP contribution in [-0.2, 0) is 14.8 Å². The number of para-hydroxylation sites is 1. The van der Waals surface area contributed by atoms with Crippen molar-refractivity contribution < 1.29 is 27.4 Å². The van der Waals surface area contributed by atoms with Gasteiger partial charge in [-0.3, -0.25) is 4.79 Å². The van der Waals surface area contributed by atoms with E-state index in [-0.39, 0.29) is 10.8 Å². The van der Waals surface area contributed by atoms with E-state index in [0.717, 1.165) is 21.9 Å². The number of methoxy groups -OCH3 is 1. The van der Waals surface area contributed by atoms with Crippen LogP contribution in [0.3, 0.4) is 0 Å². The Morgan fingerprint density at radius 3 is 2.33 bits per heavy atom. The predicted molar refractivity (Wildman–Crippen MR) is 134 cm³/mol. The van der Waals surface area contributed by atoms with Crippen LogP contribution in [0.25, 0.3) is 10.8 Å². The topological polar surface area (TPSA) is 82.1 Å². The standard InChI is InChI=1S/C28H23NO6S/c1-17(30)34-22-13-9-20-16-23(14-10-19(20)15-22)36(31,32)29-27(18-7-11-21(33-2)12-8-18)26-24-5-3-4-6-25(24)35-28(26)29/h3-16,26-28H,1-2H3/t26-,27+,28?/m0/s1. The van der Waals surface area contributed by atoms with Gasteiger partial charge in [-0.2, -0.15) is 4.31 Å². The summed E-state index contributed by atoms with van der Waals surface area (Å²) < 4.78 is 46.1. The van der Waals surface area contributed by atoms with Crippen LogP contribution in [0.5, 0.6) is 17.2 Å². The molecular weight excluding hydrogens is 478 g/mol. The van der Waals surface area contributed by atoms with Gasteiger partial charge in [-0.05, 0) is 58.8 Å². The summed E-state index contributed by atoms with van der Waals surface area (Å²) in [6, 6.07) is 24.8.